The molecule has 23 heavy (non-hydrogen) atoms. The SMILES string of the molecule is Cc1nc(C)n2c1C(CCc1ccc(C(F)(F)F)cc1)NCC2. The van der Waals surface area contributed by atoms with Crippen molar-refractivity contribution >= 4 is 0 Å². The van der Waals surface area contributed by atoms with Gasteiger partial charge in [0.1, 0.15) is 5.82 Å². The lowest BCUT2D eigenvalue weighted by Gasteiger charge is -2.27. The van der Waals surface area contributed by atoms with Crippen molar-refractivity contribution in [2.45, 2.75) is 45.5 Å². The van der Waals surface area contributed by atoms with Gasteiger partial charge >= 0.3 is 6.18 Å². The molecule has 0 saturated heterocycles. The maximum atomic E-state index is 12.6. The van der Waals surface area contributed by atoms with Gasteiger partial charge < -0.3 is 9.88 Å². The fourth-order valence-electron chi connectivity index (χ4n) is 3.31. The predicted molar refractivity (Wildman–Crippen MR) is 82.2 cm³/mol. The van der Waals surface area contributed by atoms with Crippen LogP contribution in [-0.2, 0) is 19.1 Å². The summed E-state index contributed by atoms with van der Waals surface area (Å²) in [6.45, 7) is 5.83. The minimum absolute atomic E-state index is 0.201. The molecule has 1 unspecified atom stereocenters. The average Bonchev–Trinajstić information content (AvgIpc) is 2.80. The molecule has 0 aliphatic carbocycles. The number of nitrogens with one attached hydrogen (secondary N) is 1. The molecular weight excluding hydrogens is 303 g/mol. The summed E-state index contributed by atoms with van der Waals surface area (Å²) in [5.41, 5.74) is 2.57. The largest absolute Gasteiger partial charge is 0.416 e. The van der Waals surface area contributed by atoms with Crippen molar-refractivity contribution in [3.63, 3.8) is 0 Å². The van der Waals surface area contributed by atoms with Crippen LogP contribution in [0, 0.1) is 13.8 Å². The van der Waals surface area contributed by atoms with Crippen LogP contribution >= 0.6 is 0 Å². The van der Waals surface area contributed by atoms with Crippen molar-refractivity contribution in [3.05, 3.63) is 52.6 Å². The van der Waals surface area contributed by atoms with E-state index in [0.29, 0.717) is 0 Å². The highest BCUT2D eigenvalue weighted by Crippen LogP contribution is 2.30. The number of nitrogens with zero attached hydrogens (tertiary/aromatic N) is 2. The molecule has 0 radical (unpaired) electrons. The summed E-state index contributed by atoms with van der Waals surface area (Å²) in [5, 5.41) is 3.49. The molecule has 1 aromatic carbocycles. The number of benzene rings is 1. The highest BCUT2D eigenvalue weighted by molar-refractivity contribution is 5.26. The molecule has 0 saturated carbocycles. The van der Waals surface area contributed by atoms with Gasteiger partial charge in [-0.25, -0.2) is 4.98 Å². The van der Waals surface area contributed by atoms with E-state index >= 15 is 0 Å². The van der Waals surface area contributed by atoms with Crippen molar-refractivity contribution in [2.24, 2.45) is 0 Å². The third-order valence-corrected chi connectivity index (χ3v) is 4.44. The Balaban J connectivity index is 1.70. The zero-order valence-corrected chi connectivity index (χ0v) is 13.2. The molecule has 3 nitrogen and oxygen atoms in total. The quantitative estimate of drug-likeness (QED) is 0.931. The van der Waals surface area contributed by atoms with Gasteiger partial charge in [-0.2, -0.15) is 13.2 Å². The summed E-state index contributed by atoms with van der Waals surface area (Å²) in [6.07, 6.45) is -2.69. The first-order valence-corrected chi connectivity index (χ1v) is 7.79. The first-order valence-electron chi connectivity index (χ1n) is 7.79. The Labute approximate surface area is 133 Å². The van der Waals surface area contributed by atoms with Crippen molar-refractivity contribution < 1.29 is 13.2 Å². The van der Waals surface area contributed by atoms with Crippen LogP contribution in [0.2, 0.25) is 0 Å². The molecule has 1 atom stereocenters. The summed E-state index contributed by atoms with van der Waals surface area (Å²) < 4.78 is 40.0. The van der Waals surface area contributed by atoms with Crippen LogP contribution in [0.15, 0.2) is 24.3 Å². The third kappa shape index (κ3) is 3.27. The minimum atomic E-state index is -4.27. The molecule has 1 aliphatic rings. The van der Waals surface area contributed by atoms with Gasteiger partial charge in [-0.05, 0) is 44.4 Å². The summed E-state index contributed by atoms with van der Waals surface area (Å²) in [5.74, 6) is 1.03. The van der Waals surface area contributed by atoms with E-state index in [9.17, 15) is 13.2 Å². The highest BCUT2D eigenvalue weighted by Gasteiger charge is 2.30. The Morgan fingerprint density at radius 2 is 1.91 bits per heavy atom. The Hall–Kier alpha value is -1.82. The molecule has 124 valence electrons. The highest BCUT2D eigenvalue weighted by atomic mass is 19.4. The molecule has 1 N–H and O–H groups in total. The molecule has 0 bridgehead atoms. The molecule has 0 fully saturated rings. The van der Waals surface area contributed by atoms with E-state index in [1.807, 2.05) is 13.8 Å². The van der Waals surface area contributed by atoms with Crippen molar-refractivity contribution in [3.8, 4) is 0 Å². The van der Waals surface area contributed by atoms with Gasteiger partial charge in [-0.15, -0.1) is 0 Å². The van der Waals surface area contributed by atoms with E-state index in [4.69, 9.17) is 0 Å². The normalized spacial score (nSPS) is 18.0. The second-order valence-corrected chi connectivity index (χ2v) is 6.02. The summed E-state index contributed by atoms with van der Waals surface area (Å²) >= 11 is 0. The zero-order chi connectivity index (χ0) is 16.6. The van der Waals surface area contributed by atoms with Gasteiger partial charge in [-0.1, -0.05) is 12.1 Å². The lowest BCUT2D eigenvalue weighted by Crippen LogP contribution is -2.34. The number of rotatable bonds is 3. The van der Waals surface area contributed by atoms with Crippen molar-refractivity contribution in [1.82, 2.24) is 14.9 Å². The van der Waals surface area contributed by atoms with Crippen LogP contribution in [0.25, 0.3) is 0 Å². The van der Waals surface area contributed by atoms with E-state index in [1.54, 1.807) is 12.1 Å². The number of hydrogen-bond acceptors (Lipinski definition) is 2. The number of aryl methyl sites for hydroxylation is 3. The van der Waals surface area contributed by atoms with E-state index in [1.165, 1.54) is 5.69 Å². The topological polar surface area (TPSA) is 29.9 Å². The third-order valence-electron chi connectivity index (χ3n) is 4.44. The molecule has 0 spiro atoms. The van der Waals surface area contributed by atoms with Gasteiger partial charge in [0, 0.05) is 19.1 Å². The van der Waals surface area contributed by atoms with Gasteiger partial charge in [0.15, 0.2) is 0 Å². The van der Waals surface area contributed by atoms with E-state index in [0.717, 1.165) is 55.1 Å². The summed E-state index contributed by atoms with van der Waals surface area (Å²) in [6, 6.07) is 5.65. The number of imidazole rings is 1. The minimum Gasteiger partial charge on any atom is -0.329 e. The van der Waals surface area contributed by atoms with Gasteiger partial charge in [0.2, 0.25) is 0 Å². The van der Waals surface area contributed by atoms with Crippen LogP contribution in [0.1, 0.15) is 40.8 Å². The number of alkyl halides is 3. The van der Waals surface area contributed by atoms with Crippen LogP contribution in [-0.4, -0.2) is 16.1 Å². The van der Waals surface area contributed by atoms with E-state index in [-0.39, 0.29) is 6.04 Å². The summed E-state index contributed by atoms with van der Waals surface area (Å²) in [4.78, 5) is 4.53. The fraction of sp³-hybridized carbons (Fsp3) is 0.471. The molecule has 3 rings (SSSR count). The molecule has 1 aromatic heterocycles. The smallest absolute Gasteiger partial charge is 0.329 e. The molecular formula is C17H20F3N3. The fourth-order valence-corrected chi connectivity index (χ4v) is 3.31. The number of hydrogen-bond donors (Lipinski definition) is 1. The van der Waals surface area contributed by atoms with Gasteiger partial charge in [0.05, 0.1) is 17.0 Å². The van der Waals surface area contributed by atoms with Crippen LogP contribution in [0.5, 0.6) is 0 Å². The lowest BCUT2D eigenvalue weighted by molar-refractivity contribution is -0.137. The lowest BCUT2D eigenvalue weighted by atomic mass is 9.99. The second kappa shape index (κ2) is 6.00. The van der Waals surface area contributed by atoms with Gasteiger partial charge in [0.25, 0.3) is 0 Å². The average molecular weight is 323 g/mol. The Bertz CT molecular complexity index is 686. The molecule has 6 heteroatoms. The number of halogens is 3. The second-order valence-electron chi connectivity index (χ2n) is 6.02. The molecule has 0 amide bonds. The van der Waals surface area contributed by atoms with Crippen molar-refractivity contribution in [2.75, 3.05) is 6.54 Å². The zero-order valence-electron chi connectivity index (χ0n) is 13.2. The predicted octanol–water partition coefficient (Wildman–Crippen LogP) is 3.80. The van der Waals surface area contributed by atoms with Crippen LogP contribution in [0.4, 0.5) is 13.2 Å². The maximum absolute atomic E-state index is 12.6. The van der Waals surface area contributed by atoms with Gasteiger partial charge in [-0.3, -0.25) is 0 Å². The van der Waals surface area contributed by atoms with E-state index in [2.05, 4.69) is 14.9 Å². The van der Waals surface area contributed by atoms with E-state index < -0.39 is 11.7 Å². The van der Waals surface area contributed by atoms with Crippen LogP contribution < -0.4 is 5.32 Å². The van der Waals surface area contributed by atoms with Crippen molar-refractivity contribution in [1.29, 1.82) is 0 Å². The molecule has 2 aromatic rings. The molecule has 2 heterocycles. The molecule has 1 aliphatic heterocycles. The summed E-state index contributed by atoms with van der Waals surface area (Å²) in [7, 11) is 0. The maximum Gasteiger partial charge on any atom is 0.416 e. The number of aromatic nitrogens is 2. The standard InChI is InChI=1S/C17H20F3N3/c1-11-16-15(21-9-10-23(16)12(2)22-11)8-5-13-3-6-14(7-4-13)17(18,19)20/h3-4,6-7,15,21H,5,8-10H2,1-2H3. The number of fused-ring (bicyclic) bond motifs is 1. The van der Waals surface area contributed by atoms with Crippen LogP contribution in [0.3, 0.4) is 0 Å². The Morgan fingerprint density at radius 3 is 2.57 bits per heavy atom. The monoisotopic (exact) mass is 323 g/mol. The first-order chi connectivity index (χ1) is 10.9. The Morgan fingerprint density at radius 1 is 1.22 bits per heavy atom. The first kappa shape index (κ1) is 16.1. The Kier molecular flexibility index (Phi) is 4.19.